The molecule has 0 aromatic heterocycles. The SMILES string of the molecule is COc1ccc(C(=O)OCC(=O)N[C@@H](C)c2ccc(C)cc2)c(C)c1. The summed E-state index contributed by atoms with van der Waals surface area (Å²) in [6, 6.07) is 12.8. The van der Waals surface area contributed by atoms with Crippen LogP contribution in [0.3, 0.4) is 0 Å². The Balaban J connectivity index is 1.89. The van der Waals surface area contributed by atoms with Gasteiger partial charge in [-0.3, -0.25) is 4.79 Å². The van der Waals surface area contributed by atoms with E-state index in [0.29, 0.717) is 11.3 Å². The van der Waals surface area contributed by atoms with Crippen molar-refractivity contribution in [1.29, 1.82) is 0 Å². The van der Waals surface area contributed by atoms with Crippen LogP contribution in [-0.2, 0) is 9.53 Å². The first-order valence-electron chi connectivity index (χ1n) is 8.08. The van der Waals surface area contributed by atoms with Crippen molar-refractivity contribution in [3.05, 3.63) is 64.7 Å². The van der Waals surface area contributed by atoms with Gasteiger partial charge in [-0.1, -0.05) is 29.8 Å². The Hall–Kier alpha value is -2.82. The molecular weight excluding hydrogens is 318 g/mol. The average molecular weight is 341 g/mol. The van der Waals surface area contributed by atoms with Gasteiger partial charge in [-0.2, -0.15) is 0 Å². The summed E-state index contributed by atoms with van der Waals surface area (Å²) >= 11 is 0. The van der Waals surface area contributed by atoms with Crippen molar-refractivity contribution in [2.24, 2.45) is 0 Å². The molecule has 0 radical (unpaired) electrons. The van der Waals surface area contributed by atoms with Crippen LogP contribution in [0.4, 0.5) is 0 Å². The summed E-state index contributed by atoms with van der Waals surface area (Å²) in [6.07, 6.45) is 0. The smallest absolute Gasteiger partial charge is 0.338 e. The van der Waals surface area contributed by atoms with E-state index in [2.05, 4.69) is 5.32 Å². The second kappa shape index (κ2) is 8.33. The van der Waals surface area contributed by atoms with Gasteiger partial charge in [0, 0.05) is 0 Å². The van der Waals surface area contributed by atoms with Crippen LogP contribution < -0.4 is 10.1 Å². The van der Waals surface area contributed by atoms with Crippen LogP contribution in [0.15, 0.2) is 42.5 Å². The molecule has 1 N–H and O–H groups in total. The van der Waals surface area contributed by atoms with Crippen LogP contribution in [-0.4, -0.2) is 25.6 Å². The molecule has 0 aliphatic heterocycles. The minimum absolute atomic E-state index is 0.158. The number of ether oxygens (including phenoxy) is 2. The van der Waals surface area contributed by atoms with E-state index in [1.54, 1.807) is 32.2 Å². The highest BCUT2D eigenvalue weighted by Crippen LogP contribution is 2.17. The fraction of sp³-hybridized carbons (Fsp3) is 0.300. The van der Waals surface area contributed by atoms with E-state index in [4.69, 9.17) is 9.47 Å². The molecule has 132 valence electrons. The Morgan fingerprint density at radius 3 is 2.36 bits per heavy atom. The maximum absolute atomic E-state index is 12.1. The Morgan fingerprint density at radius 1 is 1.08 bits per heavy atom. The molecule has 0 saturated heterocycles. The van der Waals surface area contributed by atoms with Crippen LogP contribution in [0.1, 0.15) is 40.0 Å². The number of esters is 1. The first-order chi connectivity index (χ1) is 11.9. The standard InChI is InChI=1S/C20H23NO4/c1-13-5-7-16(8-6-13)15(3)21-19(22)12-25-20(23)18-10-9-17(24-4)11-14(18)2/h5-11,15H,12H2,1-4H3,(H,21,22)/t15-/m0/s1. The minimum Gasteiger partial charge on any atom is -0.497 e. The van der Waals surface area contributed by atoms with Gasteiger partial charge in [-0.15, -0.1) is 0 Å². The summed E-state index contributed by atoms with van der Waals surface area (Å²) in [7, 11) is 1.56. The van der Waals surface area contributed by atoms with Crippen LogP contribution in [0.25, 0.3) is 0 Å². The van der Waals surface area contributed by atoms with Gasteiger partial charge >= 0.3 is 5.97 Å². The zero-order chi connectivity index (χ0) is 18.4. The topological polar surface area (TPSA) is 64.6 Å². The quantitative estimate of drug-likeness (QED) is 0.819. The zero-order valence-electron chi connectivity index (χ0n) is 15.0. The lowest BCUT2D eigenvalue weighted by Crippen LogP contribution is -2.31. The van der Waals surface area contributed by atoms with E-state index in [0.717, 1.165) is 16.7 Å². The number of benzene rings is 2. The molecule has 25 heavy (non-hydrogen) atoms. The summed E-state index contributed by atoms with van der Waals surface area (Å²) in [5, 5.41) is 2.82. The molecule has 1 amide bonds. The summed E-state index contributed by atoms with van der Waals surface area (Å²) in [5.41, 5.74) is 3.31. The number of methoxy groups -OCH3 is 1. The molecule has 2 aromatic rings. The fourth-order valence-electron chi connectivity index (χ4n) is 2.42. The van der Waals surface area contributed by atoms with Gasteiger partial charge in [0.2, 0.25) is 0 Å². The van der Waals surface area contributed by atoms with E-state index in [1.165, 1.54) is 0 Å². The van der Waals surface area contributed by atoms with Crippen molar-refractivity contribution in [3.8, 4) is 5.75 Å². The summed E-state index contributed by atoms with van der Waals surface area (Å²) < 4.78 is 10.2. The number of hydrogen-bond donors (Lipinski definition) is 1. The number of hydrogen-bond acceptors (Lipinski definition) is 4. The maximum atomic E-state index is 12.1. The highest BCUT2D eigenvalue weighted by atomic mass is 16.5. The Labute approximate surface area is 148 Å². The van der Waals surface area contributed by atoms with E-state index in [1.807, 2.05) is 38.1 Å². The van der Waals surface area contributed by atoms with Crippen molar-refractivity contribution in [1.82, 2.24) is 5.32 Å². The number of carbonyl (C=O) groups is 2. The molecule has 5 heteroatoms. The van der Waals surface area contributed by atoms with Crippen LogP contribution >= 0.6 is 0 Å². The Kier molecular flexibility index (Phi) is 6.17. The van der Waals surface area contributed by atoms with Crippen LogP contribution in [0, 0.1) is 13.8 Å². The lowest BCUT2D eigenvalue weighted by atomic mass is 10.1. The molecule has 0 saturated carbocycles. The monoisotopic (exact) mass is 341 g/mol. The number of amides is 1. The largest absolute Gasteiger partial charge is 0.497 e. The highest BCUT2D eigenvalue weighted by molar-refractivity contribution is 5.92. The normalized spacial score (nSPS) is 11.5. The third-order valence-electron chi connectivity index (χ3n) is 3.94. The first kappa shape index (κ1) is 18.5. The van der Waals surface area contributed by atoms with E-state index in [9.17, 15) is 9.59 Å². The molecule has 0 heterocycles. The van der Waals surface area contributed by atoms with Gasteiger partial charge in [0.05, 0.1) is 18.7 Å². The first-order valence-corrected chi connectivity index (χ1v) is 8.08. The molecule has 5 nitrogen and oxygen atoms in total. The van der Waals surface area contributed by atoms with Gasteiger partial charge in [0.1, 0.15) is 5.75 Å². The number of nitrogens with one attached hydrogen (secondary N) is 1. The van der Waals surface area contributed by atoms with Crippen molar-refractivity contribution in [2.75, 3.05) is 13.7 Å². The van der Waals surface area contributed by atoms with Crippen LogP contribution in [0.2, 0.25) is 0 Å². The molecule has 0 bridgehead atoms. The van der Waals surface area contributed by atoms with E-state index < -0.39 is 5.97 Å². The lowest BCUT2D eigenvalue weighted by Gasteiger charge is -2.15. The van der Waals surface area contributed by atoms with Gasteiger partial charge < -0.3 is 14.8 Å². The minimum atomic E-state index is -0.529. The molecule has 0 spiro atoms. The van der Waals surface area contributed by atoms with Crippen molar-refractivity contribution in [2.45, 2.75) is 26.8 Å². The third kappa shape index (κ3) is 5.08. The molecule has 0 aliphatic rings. The van der Waals surface area contributed by atoms with Crippen molar-refractivity contribution >= 4 is 11.9 Å². The van der Waals surface area contributed by atoms with E-state index in [-0.39, 0.29) is 18.6 Å². The average Bonchev–Trinajstić information content (AvgIpc) is 2.60. The summed E-state index contributed by atoms with van der Waals surface area (Å²) in [4.78, 5) is 24.1. The summed E-state index contributed by atoms with van der Waals surface area (Å²) in [6.45, 7) is 5.37. The maximum Gasteiger partial charge on any atom is 0.338 e. The number of carbonyl (C=O) groups excluding carboxylic acids is 2. The van der Waals surface area contributed by atoms with Gasteiger partial charge in [-0.05, 0) is 50.1 Å². The molecule has 1 atom stereocenters. The highest BCUT2D eigenvalue weighted by Gasteiger charge is 2.15. The number of aryl methyl sites for hydroxylation is 2. The van der Waals surface area contributed by atoms with Crippen molar-refractivity contribution in [3.63, 3.8) is 0 Å². The zero-order valence-corrected chi connectivity index (χ0v) is 15.0. The van der Waals surface area contributed by atoms with Crippen LogP contribution in [0.5, 0.6) is 5.75 Å². The lowest BCUT2D eigenvalue weighted by molar-refractivity contribution is -0.124. The fourth-order valence-corrected chi connectivity index (χ4v) is 2.42. The summed E-state index contributed by atoms with van der Waals surface area (Å²) in [5.74, 6) is -0.204. The van der Waals surface area contributed by atoms with Gasteiger partial charge in [-0.25, -0.2) is 4.79 Å². The predicted octanol–water partition coefficient (Wildman–Crippen LogP) is 3.35. The Bertz CT molecular complexity index is 753. The molecular formula is C20H23NO4. The van der Waals surface area contributed by atoms with Crippen molar-refractivity contribution < 1.29 is 19.1 Å². The Morgan fingerprint density at radius 2 is 1.76 bits per heavy atom. The second-order valence-electron chi connectivity index (χ2n) is 5.96. The number of rotatable bonds is 6. The predicted molar refractivity (Wildman–Crippen MR) is 95.8 cm³/mol. The molecule has 2 aromatic carbocycles. The molecule has 0 unspecified atom stereocenters. The molecule has 0 fully saturated rings. The van der Waals surface area contributed by atoms with Gasteiger partial charge in [0.15, 0.2) is 6.61 Å². The van der Waals surface area contributed by atoms with E-state index >= 15 is 0 Å². The van der Waals surface area contributed by atoms with Gasteiger partial charge in [0.25, 0.3) is 5.91 Å². The molecule has 2 rings (SSSR count). The second-order valence-corrected chi connectivity index (χ2v) is 5.96. The third-order valence-corrected chi connectivity index (χ3v) is 3.94. The molecule has 0 aliphatic carbocycles.